The first-order chi connectivity index (χ1) is 13.8. The van der Waals surface area contributed by atoms with Crippen LogP contribution in [0.25, 0.3) is 0 Å². The highest BCUT2D eigenvalue weighted by Gasteiger charge is 2.28. The fourth-order valence-corrected chi connectivity index (χ4v) is 3.96. The summed E-state index contributed by atoms with van der Waals surface area (Å²) in [4.78, 5) is 27.4. The number of rotatable bonds is 4. The van der Waals surface area contributed by atoms with E-state index in [1.807, 2.05) is 54.3 Å². The van der Waals surface area contributed by atoms with Crippen LogP contribution in [0.4, 0.5) is 5.69 Å². The van der Waals surface area contributed by atoms with E-state index in [9.17, 15) is 9.59 Å². The molecule has 4 heteroatoms. The highest BCUT2D eigenvalue weighted by Crippen LogP contribution is 2.30. The van der Waals surface area contributed by atoms with Gasteiger partial charge in [-0.3, -0.25) is 9.59 Å². The zero-order chi connectivity index (χ0) is 21.0. The topological polar surface area (TPSA) is 49.4 Å². The number of nitrogens with zero attached hydrogens (tertiary/aromatic N) is 1. The third-order valence-corrected chi connectivity index (χ3v) is 5.81. The monoisotopic (exact) mass is 392 g/mol. The minimum Gasteiger partial charge on any atom is -0.342 e. The average molecular weight is 393 g/mol. The van der Waals surface area contributed by atoms with Crippen molar-refractivity contribution >= 4 is 17.5 Å². The summed E-state index contributed by atoms with van der Waals surface area (Å²) in [6, 6.07) is 16.0. The summed E-state index contributed by atoms with van der Waals surface area (Å²) in [5.41, 5.74) is 4.22. The van der Waals surface area contributed by atoms with Crippen molar-refractivity contribution in [2.45, 2.75) is 52.4 Å². The number of para-hydroxylation sites is 1. The van der Waals surface area contributed by atoms with Crippen molar-refractivity contribution in [3.05, 3.63) is 65.2 Å². The van der Waals surface area contributed by atoms with Gasteiger partial charge in [0.05, 0.1) is 6.42 Å². The molecule has 0 aliphatic carbocycles. The quantitative estimate of drug-likeness (QED) is 0.819. The van der Waals surface area contributed by atoms with E-state index >= 15 is 0 Å². The SMILES string of the molecule is Cc1ccccc1CC(=O)N1CCC(C(=O)Nc2ccccc2C(C)(C)C)CC1. The Morgan fingerprint density at radius 2 is 1.62 bits per heavy atom. The van der Waals surface area contributed by atoms with Crippen LogP contribution < -0.4 is 5.32 Å². The molecule has 0 bridgehead atoms. The molecule has 4 nitrogen and oxygen atoms in total. The summed E-state index contributed by atoms with van der Waals surface area (Å²) >= 11 is 0. The van der Waals surface area contributed by atoms with E-state index in [-0.39, 0.29) is 23.1 Å². The van der Waals surface area contributed by atoms with Crippen molar-refractivity contribution in [2.75, 3.05) is 18.4 Å². The van der Waals surface area contributed by atoms with Crippen molar-refractivity contribution in [1.82, 2.24) is 4.90 Å². The Kier molecular flexibility index (Phi) is 6.41. The lowest BCUT2D eigenvalue weighted by molar-refractivity contribution is -0.133. The van der Waals surface area contributed by atoms with Crippen LogP contribution >= 0.6 is 0 Å². The molecule has 1 fully saturated rings. The van der Waals surface area contributed by atoms with Crippen LogP contribution in [0.5, 0.6) is 0 Å². The number of piperidine rings is 1. The van der Waals surface area contributed by atoms with Gasteiger partial charge in [-0.1, -0.05) is 63.2 Å². The van der Waals surface area contributed by atoms with Crippen molar-refractivity contribution in [1.29, 1.82) is 0 Å². The number of benzene rings is 2. The summed E-state index contributed by atoms with van der Waals surface area (Å²) < 4.78 is 0. The summed E-state index contributed by atoms with van der Waals surface area (Å²) in [5, 5.41) is 3.14. The van der Waals surface area contributed by atoms with E-state index in [4.69, 9.17) is 0 Å². The van der Waals surface area contributed by atoms with Gasteiger partial charge in [-0.15, -0.1) is 0 Å². The van der Waals surface area contributed by atoms with Gasteiger partial charge in [0, 0.05) is 24.7 Å². The zero-order valence-electron chi connectivity index (χ0n) is 18.0. The van der Waals surface area contributed by atoms with Gasteiger partial charge in [-0.05, 0) is 47.9 Å². The number of carbonyl (C=O) groups is 2. The van der Waals surface area contributed by atoms with E-state index in [2.05, 4.69) is 32.2 Å². The number of hydrogen-bond donors (Lipinski definition) is 1. The molecule has 0 aromatic heterocycles. The Labute approximate surface area is 174 Å². The Morgan fingerprint density at radius 1 is 1.00 bits per heavy atom. The molecular weight excluding hydrogens is 360 g/mol. The number of aryl methyl sites for hydroxylation is 1. The van der Waals surface area contributed by atoms with Gasteiger partial charge in [-0.25, -0.2) is 0 Å². The van der Waals surface area contributed by atoms with Gasteiger partial charge >= 0.3 is 0 Å². The number of hydrogen-bond acceptors (Lipinski definition) is 2. The summed E-state index contributed by atoms with van der Waals surface area (Å²) in [5.74, 6) is 0.162. The van der Waals surface area contributed by atoms with E-state index in [1.54, 1.807) is 0 Å². The lowest BCUT2D eigenvalue weighted by Crippen LogP contribution is -2.42. The Bertz CT molecular complexity index is 874. The van der Waals surface area contributed by atoms with Gasteiger partial charge in [0.15, 0.2) is 0 Å². The van der Waals surface area contributed by atoms with Gasteiger partial charge in [0.1, 0.15) is 0 Å². The van der Waals surface area contributed by atoms with Crippen molar-refractivity contribution < 1.29 is 9.59 Å². The maximum Gasteiger partial charge on any atom is 0.227 e. The highest BCUT2D eigenvalue weighted by atomic mass is 16.2. The van der Waals surface area contributed by atoms with Crippen molar-refractivity contribution in [3.63, 3.8) is 0 Å². The maximum atomic E-state index is 12.8. The number of likely N-dealkylation sites (tertiary alicyclic amines) is 1. The van der Waals surface area contributed by atoms with Gasteiger partial charge in [0.2, 0.25) is 11.8 Å². The molecule has 1 aliphatic heterocycles. The second-order valence-electron chi connectivity index (χ2n) is 9.04. The fraction of sp³-hybridized carbons (Fsp3) is 0.440. The van der Waals surface area contributed by atoms with Crippen LogP contribution in [0.2, 0.25) is 0 Å². The van der Waals surface area contributed by atoms with E-state index in [0.717, 1.165) is 22.4 Å². The number of anilines is 1. The van der Waals surface area contributed by atoms with Gasteiger partial charge in [0.25, 0.3) is 0 Å². The third-order valence-electron chi connectivity index (χ3n) is 5.81. The standard InChI is InChI=1S/C25H32N2O2/c1-18-9-5-6-10-20(18)17-23(28)27-15-13-19(14-16-27)24(29)26-22-12-8-7-11-21(22)25(2,3)4/h5-12,19H,13-17H2,1-4H3,(H,26,29). The maximum absolute atomic E-state index is 12.8. The molecule has 0 saturated carbocycles. The summed E-state index contributed by atoms with van der Waals surface area (Å²) in [6.07, 6.45) is 1.86. The number of amides is 2. The van der Waals surface area contributed by atoms with Gasteiger partial charge in [-0.2, -0.15) is 0 Å². The molecule has 1 N–H and O–H groups in total. The molecule has 1 saturated heterocycles. The molecule has 154 valence electrons. The van der Waals surface area contributed by atoms with Gasteiger partial charge < -0.3 is 10.2 Å². The predicted octanol–water partition coefficient (Wildman–Crippen LogP) is 4.71. The normalized spacial score (nSPS) is 15.2. The molecule has 0 unspecified atom stereocenters. The Morgan fingerprint density at radius 3 is 2.28 bits per heavy atom. The Balaban J connectivity index is 1.56. The molecule has 1 aliphatic rings. The zero-order valence-corrected chi connectivity index (χ0v) is 18.0. The first-order valence-electron chi connectivity index (χ1n) is 10.5. The average Bonchev–Trinajstić information content (AvgIpc) is 2.69. The number of nitrogens with one attached hydrogen (secondary N) is 1. The molecule has 2 aromatic rings. The molecule has 2 aromatic carbocycles. The first-order valence-corrected chi connectivity index (χ1v) is 10.5. The second-order valence-corrected chi connectivity index (χ2v) is 9.04. The molecule has 0 atom stereocenters. The van der Waals surface area contributed by atoms with Crippen LogP contribution in [-0.2, 0) is 21.4 Å². The van der Waals surface area contributed by atoms with Crippen molar-refractivity contribution in [2.24, 2.45) is 5.92 Å². The molecule has 29 heavy (non-hydrogen) atoms. The Hall–Kier alpha value is -2.62. The summed E-state index contributed by atoms with van der Waals surface area (Å²) in [6.45, 7) is 9.77. The van der Waals surface area contributed by atoms with Crippen LogP contribution in [0.3, 0.4) is 0 Å². The minimum atomic E-state index is -0.0504. The van der Waals surface area contributed by atoms with E-state index in [0.29, 0.717) is 32.4 Å². The lowest BCUT2D eigenvalue weighted by atomic mass is 9.85. The third kappa shape index (κ3) is 5.26. The van der Waals surface area contributed by atoms with Crippen LogP contribution in [0, 0.1) is 12.8 Å². The molecule has 0 spiro atoms. The smallest absolute Gasteiger partial charge is 0.227 e. The molecular formula is C25H32N2O2. The van der Waals surface area contributed by atoms with E-state index < -0.39 is 0 Å². The minimum absolute atomic E-state index is 0.0325. The van der Waals surface area contributed by atoms with Crippen LogP contribution in [0.15, 0.2) is 48.5 Å². The van der Waals surface area contributed by atoms with Crippen LogP contribution in [0.1, 0.15) is 50.3 Å². The molecule has 2 amide bonds. The highest BCUT2D eigenvalue weighted by molar-refractivity contribution is 5.93. The van der Waals surface area contributed by atoms with Crippen molar-refractivity contribution in [3.8, 4) is 0 Å². The summed E-state index contributed by atoms with van der Waals surface area (Å²) in [7, 11) is 0. The number of carbonyl (C=O) groups excluding carboxylic acids is 2. The predicted molar refractivity (Wildman–Crippen MR) is 118 cm³/mol. The van der Waals surface area contributed by atoms with Crippen LogP contribution in [-0.4, -0.2) is 29.8 Å². The molecule has 3 rings (SSSR count). The largest absolute Gasteiger partial charge is 0.342 e. The lowest BCUT2D eigenvalue weighted by Gasteiger charge is -2.32. The molecule has 0 radical (unpaired) electrons. The molecule has 1 heterocycles. The fourth-order valence-electron chi connectivity index (χ4n) is 3.96. The second kappa shape index (κ2) is 8.81. The first kappa shape index (κ1) is 21.1. The van der Waals surface area contributed by atoms with E-state index in [1.165, 1.54) is 0 Å².